The van der Waals surface area contributed by atoms with E-state index < -0.39 is 0 Å². The second kappa shape index (κ2) is 13.2. The molecule has 3 aliphatic heterocycles. The molecule has 9 heteroatoms. The number of amides is 1. The van der Waals surface area contributed by atoms with E-state index in [0.717, 1.165) is 97.2 Å². The van der Waals surface area contributed by atoms with E-state index in [2.05, 4.69) is 20.1 Å². The monoisotopic (exact) mass is 439 g/mol. The van der Waals surface area contributed by atoms with Gasteiger partial charge in [-0.3, -0.25) is 9.69 Å². The molecule has 0 aromatic heterocycles. The van der Waals surface area contributed by atoms with Crippen LogP contribution in [0.5, 0.6) is 0 Å². The number of aliphatic imine (C=N–C) groups is 1. The van der Waals surface area contributed by atoms with Crippen LogP contribution in [0.15, 0.2) is 4.99 Å². The number of guanidine groups is 1. The number of rotatable bonds is 9. The van der Waals surface area contributed by atoms with Crippen LogP contribution in [-0.4, -0.2) is 125 Å². The van der Waals surface area contributed by atoms with Crippen molar-refractivity contribution in [2.75, 3.05) is 86.3 Å². The number of nitrogens with zero attached hydrogens (tertiary/aromatic N) is 4. The van der Waals surface area contributed by atoms with E-state index in [0.29, 0.717) is 6.61 Å². The van der Waals surface area contributed by atoms with Crippen LogP contribution in [0, 0.1) is 0 Å². The van der Waals surface area contributed by atoms with E-state index in [-0.39, 0.29) is 24.7 Å². The molecule has 1 unspecified atom stereocenters. The summed E-state index contributed by atoms with van der Waals surface area (Å²) in [5, 5.41) is 3.50. The Kier molecular flexibility index (Phi) is 10.3. The Bertz CT molecular complexity index is 554. The van der Waals surface area contributed by atoms with Gasteiger partial charge in [0.2, 0.25) is 5.91 Å². The lowest BCUT2D eigenvalue weighted by molar-refractivity contribution is -0.127. The van der Waals surface area contributed by atoms with Gasteiger partial charge in [0.15, 0.2) is 5.96 Å². The summed E-state index contributed by atoms with van der Waals surface area (Å²) in [6, 6.07) is 0. The second-order valence-electron chi connectivity index (χ2n) is 8.82. The number of nitrogens with one attached hydrogen (secondary N) is 1. The first-order valence-electron chi connectivity index (χ1n) is 11.9. The number of hydrogen-bond donors (Lipinski definition) is 1. The van der Waals surface area contributed by atoms with Gasteiger partial charge in [0.1, 0.15) is 6.54 Å². The van der Waals surface area contributed by atoms with E-state index >= 15 is 0 Å². The van der Waals surface area contributed by atoms with Crippen molar-refractivity contribution in [3.8, 4) is 0 Å². The number of ether oxygens (including phenoxy) is 3. The van der Waals surface area contributed by atoms with Crippen molar-refractivity contribution < 1.29 is 19.0 Å². The standard InChI is InChI=1S/C22H41N5O4/c1-25(2)21(28)17-24-22(23-8-4-9-26-12-15-29-16-13-26)27-10-6-19(7-11-27)31-18-20-5-3-14-30-20/h19-20H,3-18H2,1-2H3,(H,23,24). The number of piperidine rings is 1. The molecule has 9 nitrogen and oxygen atoms in total. The summed E-state index contributed by atoms with van der Waals surface area (Å²) in [6.45, 7) is 9.12. The second-order valence-corrected chi connectivity index (χ2v) is 8.82. The Hall–Kier alpha value is -1.42. The molecule has 0 aromatic carbocycles. The highest BCUT2D eigenvalue weighted by Gasteiger charge is 2.24. The van der Waals surface area contributed by atoms with E-state index in [1.54, 1.807) is 19.0 Å². The SMILES string of the molecule is CN(C)C(=O)CN=C(NCCCN1CCOCC1)N1CCC(OCC2CCCO2)CC1. The van der Waals surface area contributed by atoms with Gasteiger partial charge in [-0.05, 0) is 38.6 Å². The predicted octanol–water partition coefficient (Wildman–Crippen LogP) is 0.403. The van der Waals surface area contributed by atoms with Gasteiger partial charge >= 0.3 is 0 Å². The third kappa shape index (κ3) is 8.56. The van der Waals surface area contributed by atoms with Crippen molar-refractivity contribution in [3.63, 3.8) is 0 Å². The van der Waals surface area contributed by atoms with Crippen molar-refractivity contribution in [1.82, 2.24) is 20.0 Å². The van der Waals surface area contributed by atoms with E-state index in [1.807, 2.05) is 0 Å². The molecule has 1 amide bonds. The number of hydrogen-bond acceptors (Lipinski definition) is 6. The minimum Gasteiger partial charge on any atom is -0.379 e. The molecule has 0 spiro atoms. The van der Waals surface area contributed by atoms with Gasteiger partial charge in [-0.15, -0.1) is 0 Å². The molecule has 1 N–H and O–H groups in total. The van der Waals surface area contributed by atoms with Crippen molar-refractivity contribution >= 4 is 11.9 Å². The highest BCUT2D eigenvalue weighted by molar-refractivity contribution is 5.84. The topological polar surface area (TPSA) is 78.9 Å². The fourth-order valence-corrected chi connectivity index (χ4v) is 4.13. The molecule has 31 heavy (non-hydrogen) atoms. The molecule has 0 saturated carbocycles. The zero-order valence-corrected chi connectivity index (χ0v) is 19.4. The van der Waals surface area contributed by atoms with Crippen LogP contribution < -0.4 is 5.32 Å². The zero-order chi connectivity index (χ0) is 21.9. The largest absolute Gasteiger partial charge is 0.379 e. The minimum atomic E-state index is 0.0161. The lowest BCUT2D eigenvalue weighted by atomic mass is 10.1. The van der Waals surface area contributed by atoms with Gasteiger partial charge in [-0.25, -0.2) is 4.99 Å². The highest BCUT2D eigenvalue weighted by atomic mass is 16.5. The first-order valence-corrected chi connectivity index (χ1v) is 11.9. The van der Waals surface area contributed by atoms with Gasteiger partial charge in [0, 0.05) is 53.4 Å². The molecule has 3 rings (SSSR count). The van der Waals surface area contributed by atoms with E-state index in [4.69, 9.17) is 14.2 Å². The van der Waals surface area contributed by atoms with Gasteiger partial charge < -0.3 is 29.3 Å². The number of carbonyl (C=O) groups is 1. The quantitative estimate of drug-likeness (QED) is 0.317. The van der Waals surface area contributed by atoms with Crippen LogP contribution in [0.2, 0.25) is 0 Å². The van der Waals surface area contributed by atoms with Crippen LogP contribution in [0.3, 0.4) is 0 Å². The zero-order valence-electron chi connectivity index (χ0n) is 19.4. The lowest BCUT2D eigenvalue weighted by Crippen LogP contribution is -2.48. The van der Waals surface area contributed by atoms with Crippen LogP contribution in [0.25, 0.3) is 0 Å². The molecule has 0 radical (unpaired) electrons. The van der Waals surface area contributed by atoms with Crippen molar-refractivity contribution in [2.24, 2.45) is 4.99 Å². The Morgan fingerprint density at radius 1 is 1.13 bits per heavy atom. The van der Waals surface area contributed by atoms with E-state index in [9.17, 15) is 4.79 Å². The summed E-state index contributed by atoms with van der Waals surface area (Å²) >= 11 is 0. The predicted molar refractivity (Wildman–Crippen MR) is 120 cm³/mol. The molecule has 3 fully saturated rings. The normalized spacial score (nSPS) is 23.9. The van der Waals surface area contributed by atoms with Crippen LogP contribution in [0.1, 0.15) is 32.1 Å². The van der Waals surface area contributed by atoms with Gasteiger partial charge in [0.05, 0.1) is 32.0 Å². The summed E-state index contributed by atoms with van der Waals surface area (Å²) in [4.78, 5) is 23.0. The molecule has 178 valence electrons. The number of morpholine rings is 1. The van der Waals surface area contributed by atoms with Crippen molar-refractivity contribution in [3.05, 3.63) is 0 Å². The van der Waals surface area contributed by atoms with Crippen LogP contribution in [-0.2, 0) is 19.0 Å². The maximum atomic E-state index is 12.1. The number of carbonyl (C=O) groups excluding carboxylic acids is 1. The average Bonchev–Trinajstić information content (AvgIpc) is 3.32. The summed E-state index contributed by atoms with van der Waals surface area (Å²) in [7, 11) is 3.54. The molecule has 1 atom stereocenters. The summed E-state index contributed by atoms with van der Waals surface area (Å²) in [5.41, 5.74) is 0. The number of likely N-dealkylation sites (N-methyl/N-ethyl adjacent to an activating group) is 1. The van der Waals surface area contributed by atoms with Gasteiger partial charge in [0.25, 0.3) is 0 Å². The molecule has 0 aromatic rings. The summed E-state index contributed by atoms with van der Waals surface area (Å²) < 4.78 is 17.2. The molecule has 3 heterocycles. The molecule has 3 saturated heterocycles. The first kappa shape index (κ1) is 24.2. The Labute approximate surface area is 187 Å². The molecular weight excluding hydrogens is 398 g/mol. The van der Waals surface area contributed by atoms with Crippen molar-refractivity contribution in [1.29, 1.82) is 0 Å². The fourth-order valence-electron chi connectivity index (χ4n) is 4.13. The Morgan fingerprint density at radius 3 is 2.58 bits per heavy atom. The summed E-state index contributed by atoms with van der Waals surface area (Å²) in [6.07, 6.45) is 5.82. The highest BCUT2D eigenvalue weighted by Crippen LogP contribution is 2.18. The Morgan fingerprint density at radius 2 is 1.90 bits per heavy atom. The lowest BCUT2D eigenvalue weighted by Gasteiger charge is -2.34. The maximum Gasteiger partial charge on any atom is 0.243 e. The molecule has 3 aliphatic rings. The third-order valence-corrected chi connectivity index (χ3v) is 6.18. The van der Waals surface area contributed by atoms with Crippen LogP contribution >= 0.6 is 0 Å². The van der Waals surface area contributed by atoms with Crippen molar-refractivity contribution in [2.45, 2.75) is 44.3 Å². The smallest absolute Gasteiger partial charge is 0.243 e. The molecule has 0 aliphatic carbocycles. The molecule has 0 bridgehead atoms. The fraction of sp³-hybridized carbons (Fsp3) is 0.909. The first-order chi connectivity index (χ1) is 15.1. The maximum absolute atomic E-state index is 12.1. The minimum absolute atomic E-state index is 0.0161. The average molecular weight is 440 g/mol. The van der Waals surface area contributed by atoms with Gasteiger partial charge in [-0.2, -0.15) is 0 Å². The summed E-state index contributed by atoms with van der Waals surface area (Å²) in [5.74, 6) is 0.858. The Balaban J connectivity index is 1.42. The van der Waals surface area contributed by atoms with Gasteiger partial charge in [-0.1, -0.05) is 0 Å². The number of likely N-dealkylation sites (tertiary alicyclic amines) is 1. The molecular formula is C22H41N5O4. The third-order valence-electron chi connectivity index (χ3n) is 6.18. The van der Waals surface area contributed by atoms with E-state index in [1.165, 1.54) is 0 Å². The van der Waals surface area contributed by atoms with Crippen LogP contribution in [0.4, 0.5) is 0 Å².